The van der Waals surface area contributed by atoms with Crippen molar-refractivity contribution in [2.24, 2.45) is 0 Å². The van der Waals surface area contributed by atoms with Crippen LogP contribution < -0.4 is 4.74 Å². The van der Waals surface area contributed by atoms with Crippen LogP contribution in [0, 0.1) is 6.92 Å². The molecule has 2 heterocycles. The van der Waals surface area contributed by atoms with E-state index in [9.17, 15) is 4.79 Å². The molecule has 1 amide bonds. The molecule has 6 heteroatoms. The molecule has 1 aromatic carbocycles. The van der Waals surface area contributed by atoms with Gasteiger partial charge in [0, 0.05) is 19.5 Å². The van der Waals surface area contributed by atoms with Gasteiger partial charge in [0.15, 0.2) is 5.82 Å². The summed E-state index contributed by atoms with van der Waals surface area (Å²) in [6.45, 7) is 3.29. The van der Waals surface area contributed by atoms with Crippen LogP contribution in [0.25, 0.3) is 0 Å². The molecule has 3 rings (SSSR count). The number of hydrogen-bond donors (Lipinski definition) is 0. The highest BCUT2D eigenvalue weighted by molar-refractivity contribution is 5.76. The third-order valence-corrected chi connectivity index (χ3v) is 4.45. The van der Waals surface area contributed by atoms with E-state index in [4.69, 9.17) is 9.26 Å². The highest BCUT2D eigenvalue weighted by atomic mass is 16.5. The second-order valence-corrected chi connectivity index (χ2v) is 6.21. The van der Waals surface area contributed by atoms with E-state index in [1.165, 1.54) is 0 Å². The number of amides is 1. The first-order chi connectivity index (χ1) is 11.7. The number of carbonyl (C=O) groups excluding carboxylic acids is 1. The Morgan fingerprint density at radius 1 is 1.38 bits per heavy atom. The van der Waals surface area contributed by atoms with Gasteiger partial charge in [0.25, 0.3) is 0 Å². The Hall–Kier alpha value is -2.37. The van der Waals surface area contributed by atoms with Crippen LogP contribution in [-0.4, -0.2) is 41.1 Å². The molecule has 1 aliphatic rings. The van der Waals surface area contributed by atoms with Gasteiger partial charge in [0.2, 0.25) is 11.8 Å². The summed E-state index contributed by atoms with van der Waals surface area (Å²) in [5.74, 6) is 2.48. The zero-order valence-electron chi connectivity index (χ0n) is 14.2. The van der Waals surface area contributed by atoms with Crippen LogP contribution in [0.2, 0.25) is 0 Å². The first-order valence-electron chi connectivity index (χ1n) is 8.36. The van der Waals surface area contributed by atoms with Crippen LogP contribution in [0.4, 0.5) is 0 Å². The minimum atomic E-state index is 0.157. The maximum atomic E-state index is 12.5. The predicted octanol–water partition coefficient (Wildman–Crippen LogP) is 2.73. The van der Waals surface area contributed by atoms with E-state index < -0.39 is 0 Å². The first kappa shape index (κ1) is 16.5. The molecule has 1 saturated heterocycles. The number of aryl methyl sites for hydroxylation is 2. The van der Waals surface area contributed by atoms with Crippen molar-refractivity contribution >= 4 is 5.91 Å². The van der Waals surface area contributed by atoms with Crippen molar-refractivity contribution in [2.75, 3.05) is 20.2 Å². The Labute approximate surface area is 141 Å². The second kappa shape index (κ2) is 7.47. The number of piperidine rings is 1. The number of carbonyl (C=O) groups is 1. The van der Waals surface area contributed by atoms with Crippen LogP contribution >= 0.6 is 0 Å². The third-order valence-electron chi connectivity index (χ3n) is 4.45. The monoisotopic (exact) mass is 329 g/mol. The zero-order valence-corrected chi connectivity index (χ0v) is 14.2. The van der Waals surface area contributed by atoms with Crippen molar-refractivity contribution < 1.29 is 14.1 Å². The summed E-state index contributed by atoms with van der Waals surface area (Å²) < 4.78 is 10.4. The molecule has 6 nitrogen and oxygen atoms in total. The van der Waals surface area contributed by atoms with E-state index in [-0.39, 0.29) is 11.8 Å². The number of methoxy groups -OCH3 is 1. The van der Waals surface area contributed by atoms with E-state index in [1.54, 1.807) is 7.11 Å². The molecule has 0 aliphatic carbocycles. The average Bonchev–Trinajstić information content (AvgIpc) is 3.06. The van der Waals surface area contributed by atoms with E-state index in [2.05, 4.69) is 10.1 Å². The first-order valence-corrected chi connectivity index (χ1v) is 8.36. The number of hydrogen-bond acceptors (Lipinski definition) is 5. The molecule has 1 fully saturated rings. The molecule has 0 spiro atoms. The van der Waals surface area contributed by atoms with Crippen molar-refractivity contribution in [3.63, 3.8) is 0 Å². The molecular weight excluding hydrogens is 306 g/mol. The van der Waals surface area contributed by atoms with E-state index in [1.807, 2.05) is 36.1 Å². The molecule has 0 bridgehead atoms. The van der Waals surface area contributed by atoms with Crippen molar-refractivity contribution in [3.8, 4) is 5.75 Å². The maximum absolute atomic E-state index is 12.5. The maximum Gasteiger partial charge on any atom is 0.231 e. The fourth-order valence-corrected chi connectivity index (χ4v) is 3.09. The van der Waals surface area contributed by atoms with Crippen molar-refractivity contribution in [3.05, 3.63) is 41.5 Å². The lowest BCUT2D eigenvalue weighted by atomic mass is 9.97. The minimum absolute atomic E-state index is 0.157. The molecule has 24 heavy (non-hydrogen) atoms. The largest absolute Gasteiger partial charge is 0.497 e. The lowest BCUT2D eigenvalue weighted by Gasteiger charge is -2.31. The summed E-state index contributed by atoms with van der Waals surface area (Å²) in [6, 6.07) is 7.86. The van der Waals surface area contributed by atoms with E-state index >= 15 is 0 Å². The van der Waals surface area contributed by atoms with Gasteiger partial charge < -0.3 is 14.2 Å². The van der Waals surface area contributed by atoms with E-state index in [0.717, 1.165) is 37.1 Å². The third kappa shape index (κ3) is 3.93. The molecule has 1 aromatic heterocycles. The molecular formula is C18H23N3O3. The summed E-state index contributed by atoms with van der Waals surface area (Å²) in [4.78, 5) is 18.7. The van der Waals surface area contributed by atoms with Gasteiger partial charge in [-0.15, -0.1) is 0 Å². The number of nitrogens with zero attached hydrogens (tertiary/aromatic N) is 3. The van der Waals surface area contributed by atoms with Crippen LogP contribution in [0.3, 0.4) is 0 Å². The predicted molar refractivity (Wildman–Crippen MR) is 88.9 cm³/mol. The number of aromatic nitrogens is 2. The van der Waals surface area contributed by atoms with Gasteiger partial charge in [-0.2, -0.15) is 4.98 Å². The van der Waals surface area contributed by atoms with Gasteiger partial charge in [0.05, 0.1) is 13.0 Å². The lowest BCUT2D eigenvalue weighted by molar-refractivity contribution is -0.132. The second-order valence-electron chi connectivity index (χ2n) is 6.21. The topological polar surface area (TPSA) is 68.5 Å². The summed E-state index contributed by atoms with van der Waals surface area (Å²) in [7, 11) is 1.65. The number of benzene rings is 1. The highest BCUT2D eigenvalue weighted by Gasteiger charge is 2.27. The minimum Gasteiger partial charge on any atom is -0.497 e. The Bertz CT molecular complexity index is 681. The van der Waals surface area contributed by atoms with Crippen LogP contribution in [-0.2, 0) is 11.2 Å². The number of ether oxygens (including phenoxy) is 1. The Morgan fingerprint density at radius 2 is 2.17 bits per heavy atom. The summed E-state index contributed by atoms with van der Waals surface area (Å²) >= 11 is 0. The van der Waals surface area contributed by atoms with Crippen LogP contribution in [0.15, 0.2) is 28.8 Å². The van der Waals surface area contributed by atoms with Crippen LogP contribution in [0.1, 0.15) is 42.5 Å². The number of rotatable bonds is 5. The molecule has 1 atom stereocenters. The van der Waals surface area contributed by atoms with Crippen molar-refractivity contribution in [2.45, 2.75) is 38.5 Å². The lowest BCUT2D eigenvalue weighted by Crippen LogP contribution is -2.39. The molecule has 2 aromatic rings. The van der Waals surface area contributed by atoms with Gasteiger partial charge in [-0.25, -0.2) is 0 Å². The summed E-state index contributed by atoms with van der Waals surface area (Å²) in [5.41, 5.74) is 1.14. The normalized spacial score (nSPS) is 17.8. The van der Waals surface area contributed by atoms with Gasteiger partial charge in [0.1, 0.15) is 5.75 Å². The fraction of sp³-hybridized carbons (Fsp3) is 0.500. The zero-order chi connectivity index (χ0) is 16.9. The Kier molecular flexibility index (Phi) is 5.13. The van der Waals surface area contributed by atoms with E-state index in [0.29, 0.717) is 24.7 Å². The van der Waals surface area contributed by atoms with Crippen LogP contribution in [0.5, 0.6) is 5.75 Å². The molecule has 0 radical (unpaired) electrons. The van der Waals surface area contributed by atoms with Gasteiger partial charge in [-0.05, 0) is 43.9 Å². The summed E-state index contributed by atoms with van der Waals surface area (Å²) in [6.07, 6.45) is 3.22. The molecule has 0 N–H and O–H groups in total. The molecule has 0 saturated carbocycles. The Morgan fingerprint density at radius 3 is 2.83 bits per heavy atom. The SMILES string of the molecule is COc1ccc(CCC(=O)N2CCC[C@@H](c3nc(C)no3)C2)cc1. The van der Waals surface area contributed by atoms with Gasteiger partial charge in [-0.3, -0.25) is 4.79 Å². The fourth-order valence-electron chi connectivity index (χ4n) is 3.09. The van der Waals surface area contributed by atoms with Crippen molar-refractivity contribution in [1.29, 1.82) is 0 Å². The highest BCUT2D eigenvalue weighted by Crippen LogP contribution is 2.26. The quantitative estimate of drug-likeness (QED) is 0.843. The van der Waals surface area contributed by atoms with Gasteiger partial charge >= 0.3 is 0 Å². The average molecular weight is 329 g/mol. The smallest absolute Gasteiger partial charge is 0.231 e. The summed E-state index contributed by atoms with van der Waals surface area (Å²) in [5, 5.41) is 3.85. The molecule has 1 aliphatic heterocycles. The number of likely N-dealkylation sites (tertiary alicyclic amines) is 1. The van der Waals surface area contributed by atoms with Gasteiger partial charge in [-0.1, -0.05) is 17.3 Å². The standard InChI is InChI=1S/C18H23N3O3/c1-13-19-18(24-20-13)15-4-3-11-21(12-15)17(22)10-7-14-5-8-16(23-2)9-6-14/h5-6,8-9,15H,3-4,7,10-12H2,1-2H3/t15-/m1/s1. The molecule has 0 unspecified atom stereocenters. The molecule has 128 valence electrons. The van der Waals surface area contributed by atoms with Crippen molar-refractivity contribution in [1.82, 2.24) is 15.0 Å². The Balaban J connectivity index is 1.54.